The molecule has 60 valence electrons. The highest BCUT2D eigenvalue weighted by molar-refractivity contribution is 9.09. The third kappa shape index (κ3) is 2.82. The van der Waals surface area contributed by atoms with E-state index in [1.807, 2.05) is 12.1 Å². The fourth-order valence-electron chi connectivity index (χ4n) is 0.910. The molecule has 0 aliphatic rings. The number of ketones is 1. The summed E-state index contributed by atoms with van der Waals surface area (Å²) in [5.74, 6) is 0.180. The van der Waals surface area contributed by atoms with Crippen molar-refractivity contribution in [3.63, 3.8) is 0 Å². The molecule has 1 nitrogen and oxygen atoms in total. The first-order chi connectivity index (χ1) is 5.72. The van der Waals surface area contributed by atoms with Gasteiger partial charge in [0, 0.05) is 6.42 Å². The van der Waals surface area contributed by atoms with Gasteiger partial charge in [0.15, 0.2) is 0 Å². The maximum atomic E-state index is 11.0. The lowest BCUT2D eigenvalue weighted by Crippen LogP contribution is -2.06. The van der Waals surface area contributed by atoms with Crippen molar-refractivity contribution >= 4 is 35.0 Å². The van der Waals surface area contributed by atoms with Crippen LogP contribution in [0.15, 0.2) is 24.3 Å². The Hall–Kier alpha value is -0.565. The molecule has 1 aromatic rings. The van der Waals surface area contributed by atoms with Gasteiger partial charge >= 0.3 is 0 Å². The van der Waals surface area contributed by atoms with Gasteiger partial charge in [-0.3, -0.25) is 4.79 Å². The topological polar surface area (TPSA) is 17.1 Å². The van der Waals surface area contributed by atoms with E-state index in [2.05, 4.69) is 15.9 Å². The Morgan fingerprint density at radius 2 is 1.92 bits per heavy atom. The lowest BCUT2D eigenvalue weighted by molar-refractivity contribution is -0.115. The van der Waals surface area contributed by atoms with E-state index in [-0.39, 0.29) is 5.78 Å². The molecule has 12 heavy (non-hydrogen) atoms. The summed E-state index contributed by atoms with van der Waals surface area (Å²) in [5, 5.41) is 0.414. The normalized spacial score (nSPS) is 9.75. The number of carbonyl (C=O) groups excluding carboxylic acids is 1. The molecule has 0 aliphatic carbocycles. The first-order valence-electron chi connectivity index (χ1n) is 3.64. The molecule has 1 rings (SSSR count). The molecule has 0 aromatic heterocycles. The summed E-state index contributed by atoms with van der Waals surface area (Å²) in [4.78, 5) is 11.0. The van der Waals surface area contributed by atoms with Gasteiger partial charge < -0.3 is 0 Å². The summed E-state index contributed by atoms with van der Waals surface area (Å²) in [5.41, 5.74) is 1.73. The molecule has 0 N–H and O–H groups in total. The second kappa shape index (κ2) is 4.46. The molecule has 0 bridgehead atoms. The van der Waals surface area contributed by atoms with Crippen LogP contribution in [-0.4, -0.2) is 19.0 Å². The molecule has 0 unspecified atom stereocenters. The van der Waals surface area contributed by atoms with Gasteiger partial charge in [0.1, 0.15) is 13.6 Å². The molecule has 1 aromatic carbocycles. The highest BCUT2D eigenvalue weighted by Crippen LogP contribution is 1.99. The van der Waals surface area contributed by atoms with Gasteiger partial charge in [-0.2, -0.15) is 0 Å². The van der Waals surface area contributed by atoms with E-state index in [1.165, 1.54) is 0 Å². The highest BCUT2D eigenvalue weighted by atomic mass is 79.9. The number of rotatable bonds is 3. The molecule has 3 heteroatoms. The van der Waals surface area contributed by atoms with E-state index >= 15 is 0 Å². The summed E-state index contributed by atoms with van der Waals surface area (Å²) in [6, 6.07) is 7.35. The molecule has 0 atom stereocenters. The molecular formula is C9H8BBrO. The van der Waals surface area contributed by atoms with Crippen LogP contribution in [0.25, 0.3) is 0 Å². The zero-order chi connectivity index (χ0) is 8.97. The quantitative estimate of drug-likeness (QED) is 0.551. The largest absolute Gasteiger partial charge is 0.298 e. The predicted octanol–water partition coefficient (Wildman–Crippen LogP) is 0.987. The number of halogens is 1. The first-order valence-corrected chi connectivity index (χ1v) is 4.76. The molecule has 0 saturated heterocycles. The number of alkyl halides is 1. The maximum absolute atomic E-state index is 11.0. The van der Waals surface area contributed by atoms with E-state index in [0.717, 1.165) is 11.0 Å². The highest BCUT2D eigenvalue weighted by Gasteiger charge is 1.99. The maximum Gasteiger partial charge on any atom is 0.147 e. The van der Waals surface area contributed by atoms with Crippen LogP contribution in [0.2, 0.25) is 0 Å². The Labute approximate surface area is 81.7 Å². The van der Waals surface area contributed by atoms with Crippen LogP contribution in [0.1, 0.15) is 5.56 Å². The third-order valence-electron chi connectivity index (χ3n) is 1.53. The fourth-order valence-corrected chi connectivity index (χ4v) is 1.11. The third-order valence-corrected chi connectivity index (χ3v) is 2.16. The summed E-state index contributed by atoms with van der Waals surface area (Å²) in [6.07, 6.45) is 0.478. The Kier molecular flexibility index (Phi) is 3.54. The summed E-state index contributed by atoms with van der Waals surface area (Å²) >= 11 is 3.11. The molecule has 0 spiro atoms. The van der Waals surface area contributed by atoms with Crippen LogP contribution < -0.4 is 5.46 Å². The fraction of sp³-hybridized carbons (Fsp3) is 0.222. The predicted molar refractivity (Wildman–Crippen MR) is 54.3 cm³/mol. The molecule has 0 fully saturated rings. The van der Waals surface area contributed by atoms with Crippen LogP contribution in [0.3, 0.4) is 0 Å². The SMILES string of the molecule is [B]c1ccc(CC(=O)CBr)cc1. The second-order valence-corrected chi connectivity index (χ2v) is 3.15. The number of Topliss-reactive ketones (excluding diaryl/α,β-unsaturated/α-hetero) is 1. The second-order valence-electron chi connectivity index (χ2n) is 2.59. The van der Waals surface area contributed by atoms with Crippen molar-refractivity contribution in [2.45, 2.75) is 6.42 Å². The van der Waals surface area contributed by atoms with Crippen LogP contribution in [0, 0.1) is 0 Å². The lowest BCUT2D eigenvalue weighted by Gasteiger charge is -1.98. The average Bonchev–Trinajstić information content (AvgIpc) is 2.09. The van der Waals surface area contributed by atoms with Gasteiger partial charge in [0.25, 0.3) is 0 Å². The first kappa shape index (κ1) is 9.52. The molecular weight excluding hydrogens is 215 g/mol. The van der Waals surface area contributed by atoms with E-state index in [9.17, 15) is 4.79 Å². The van der Waals surface area contributed by atoms with Crippen molar-refractivity contribution in [3.05, 3.63) is 29.8 Å². The zero-order valence-electron chi connectivity index (χ0n) is 6.59. The molecule has 2 radical (unpaired) electrons. The van der Waals surface area contributed by atoms with Crippen molar-refractivity contribution in [1.29, 1.82) is 0 Å². The minimum Gasteiger partial charge on any atom is -0.298 e. The number of carbonyl (C=O) groups is 1. The van der Waals surface area contributed by atoms with E-state index < -0.39 is 0 Å². The minimum atomic E-state index is 0.180. The van der Waals surface area contributed by atoms with E-state index in [4.69, 9.17) is 7.85 Å². The van der Waals surface area contributed by atoms with Crippen molar-refractivity contribution in [2.75, 3.05) is 5.33 Å². The molecule has 0 amide bonds. The van der Waals surface area contributed by atoms with Crippen molar-refractivity contribution in [3.8, 4) is 0 Å². The van der Waals surface area contributed by atoms with Crippen LogP contribution in [-0.2, 0) is 11.2 Å². The number of hydrogen-bond donors (Lipinski definition) is 0. The summed E-state index contributed by atoms with van der Waals surface area (Å²) in [6.45, 7) is 0. The Bertz CT molecular complexity index is 268. The standard InChI is InChI=1S/C9H8BBrO/c10-8-3-1-7(2-4-8)5-9(12)6-11/h1-4H,5-6H2. The molecule has 0 aliphatic heterocycles. The van der Waals surface area contributed by atoms with Gasteiger partial charge in [-0.25, -0.2) is 0 Å². The van der Waals surface area contributed by atoms with Gasteiger partial charge in [0.2, 0.25) is 0 Å². The molecule has 0 heterocycles. The smallest absolute Gasteiger partial charge is 0.147 e. The van der Waals surface area contributed by atoms with Crippen molar-refractivity contribution in [1.82, 2.24) is 0 Å². The monoisotopic (exact) mass is 222 g/mol. The summed E-state index contributed by atoms with van der Waals surface area (Å²) < 4.78 is 0. The van der Waals surface area contributed by atoms with Gasteiger partial charge in [-0.1, -0.05) is 45.7 Å². The Morgan fingerprint density at radius 1 is 1.33 bits per heavy atom. The van der Waals surface area contributed by atoms with Gasteiger partial charge in [0.05, 0.1) is 5.33 Å². The van der Waals surface area contributed by atoms with Gasteiger partial charge in [-0.15, -0.1) is 0 Å². The number of benzene rings is 1. The molecule has 0 saturated carbocycles. The van der Waals surface area contributed by atoms with Crippen LogP contribution in [0.5, 0.6) is 0 Å². The van der Waals surface area contributed by atoms with E-state index in [1.54, 1.807) is 12.1 Å². The lowest BCUT2D eigenvalue weighted by atomic mass is 9.94. The van der Waals surface area contributed by atoms with Crippen LogP contribution in [0.4, 0.5) is 0 Å². The van der Waals surface area contributed by atoms with Crippen LogP contribution >= 0.6 is 15.9 Å². The zero-order valence-corrected chi connectivity index (χ0v) is 8.17. The van der Waals surface area contributed by atoms with E-state index in [0.29, 0.717) is 11.8 Å². The number of hydrogen-bond acceptors (Lipinski definition) is 1. The van der Waals surface area contributed by atoms with Crippen molar-refractivity contribution in [2.24, 2.45) is 0 Å². The average molecular weight is 223 g/mol. The minimum absolute atomic E-state index is 0.180. The van der Waals surface area contributed by atoms with Crippen molar-refractivity contribution < 1.29 is 4.79 Å². The summed E-state index contributed by atoms with van der Waals surface area (Å²) in [7, 11) is 5.50. The van der Waals surface area contributed by atoms with Gasteiger partial charge in [-0.05, 0) is 5.56 Å². The Morgan fingerprint density at radius 3 is 2.42 bits per heavy atom. The Balaban J connectivity index is 2.64.